The fraction of sp³-hybridized carbons (Fsp3) is 0.417. The van der Waals surface area contributed by atoms with E-state index in [0.717, 1.165) is 66.3 Å². The number of benzene rings is 3. The van der Waals surface area contributed by atoms with Crippen molar-refractivity contribution in [1.82, 2.24) is 4.98 Å². The highest BCUT2D eigenvalue weighted by Crippen LogP contribution is 2.46. The highest BCUT2D eigenvalue weighted by Gasteiger charge is 2.39. The zero-order valence-corrected chi connectivity index (χ0v) is 29.5. The first kappa shape index (κ1) is 34.3. The summed E-state index contributed by atoms with van der Waals surface area (Å²) in [6, 6.07) is 22.4. The number of hydrogen-bond acceptors (Lipinski definition) is 4. The minimum Gasteiger partial charge on any atom is -0.543 e. The number of halogens is 3. The first-order valence-corrected chi connectivity index (χ1v) is 19.9. The molecule has 2 nitrogen and oxygen atoms in total. The Morgan fingerprint density at radius 3 is 2.18 bits per heavy atom. The molecule has 0 spiro atoms. The molecule has 0 aliphatic carbocycles. The first-order valence-electron chi connectivity index (χ1n) is 15.3. The second-order valence-corrected chi connectivity index (χ2v) is 20.1. The fourth-order valence-electron chi connectivity index (χ4n) is 4.76. The van der Waals surface area contributed by atoms with Gasteiger partial charge in [-0.15, -0.1) is 23.1 Å². The highest BCUT2D eigenvalue weighted by molar-refractivity contribution is 7.99. The molecule has 1 atom stereocenters. The van der Waals surface area contributed by atoms with Gasteiger partial charge in [0, 0.05) is 20.6 Å². The topological polar surface area (TPSA) is 22.1 Å². The van der Waals surface area contributed by atoms with Gasteiger partial charge in [-0.3, -0.25) is 0 Å². The van der Waals surface area contributed by atoms with Gasteiger partial charge in [0.15, 0.2) is 0 Å². The summed E-state index contributed by atoms with van der Waals surface area (Å²) >= 11 is 3.45. The van der Waals surface area contributed by atoms with Crippen molar-refractivity contribution in [3.8, 4) is 16.3 Å². The fourth-order valence-corrected chi connectivity index (χ4v) is 8.50. The van der Waals surface area contributed by atoms with Gasteiger partial charge in [0.1, 0.15) is 10.8 Å². The van der Waals surface area contributed by atoms with Crippen LogP contribution in [0.25, 0.3) is 10.6 Å². The lowest BCUT2D eigenvalue weighted by Gasteiger charge is -2.37. The lowest BCUT2D eigenvalue weighted by molar-refractivity contribution is -0.137. The Bertz CT molecular complexity index is 1510. The Balaban J connectivity index is 1.54. The predicted octanol–water partition coefficient (Wildman–Crippen LogP) is 12.5. The van der Waals surface area contributed by atoms with Crippen LogP contribution >= 0.6 is 23.1 Å². The Morgan fingerprint density at radius 1 is 0.886 bits per heavy atom. The summed E-state index contributed by atoms with van der Waals surface area (Å²) in [5.41, 5.74) is 3.52. The molecule has 0 amide bonds. The van der Waals surface area contributed by atoms with Crippen molar-refractivity contribution in [3.63, 3.8) is 0 Å². The second kappa shape index (κ2) is 14.3. The first-order chi connectivity index (χ1) is 20.6. The van der Waals surface area contributed by atoms with Crippen molar-refractivity contribution in [2.24, 2.45) is 0 Å². The van der Waals surface area contributed by atoms with Crippen molar-refractivity contribution in [2.75, 3.05) is 0 Å². The maximum Gasteiger partial charge on any atom is 0.416 e. The summed E-state index contributed by atoms with van der Waals surface area (Å²) in [7, 11) is -1.96. The number of unbranched alkanes of at least 4 members (excludes halogenated alkanes) is 2. The molecule has 0 bridgehead atoms. The Kier molecular flexibility index (Phi) is 11.1. The molecule has 0 saturated heterocycles. The van der Waals surface area contributed by atoms with Crippen LogP contribution < -0.4 is 4.43 Å². The third-order valence-corrected chi connectivity index (χ3v) is 15.5. The zero-order chi connectivity index (χ0) is 32.1. The van der Waals surface area contributed by atoms with E-state index >= 15 is 0 Å². The highest BCUT2D eigenvalue weighted by atomic mass is 32.2. The van der Waals surface area contributed by atoms with E-state index in [0.29, 0.717) is 5.56 Å². The Labute approximate surface area is 270 Å². The molecule has 1 heterocycles. The second-order valence-electron chi connectivity index (χ2n) is 13.0. The van der Waals surface area contributed by atoms with Crippen LogP contribution in [0, 0.1) is 13.8 Å². The monoisotopic (exact) mass is 655 g/mol. The molecule has 0 radical (unpaired) electrons. The number of alkyl halides is 3. The van der Waals surface area contributed by atoms with E-state index in [1.165, 1.54) is 27.5 Å². The largest absolute Gasteiger partial charge is 0.543 e. The SMILES string of the molecule is Cc1cc(SC(CCCCCc2ccccc2)c2sc(-c3ccc(C(F)(F)F)cc3)nc2C)ccc1O[Si](C)(C)C(C)(C)C. The molecule has 0 aliphatic heterocycles. The number of nitrogens with zero attached hydrogens (tertiary/aromatic N) is 1. The number of aryl methyl sites for hydroxylation is 3. The molecule has 8 heteroatoms. The van der Waals surface area contributed by atoms with Crippen molar-refractivity contribution < 1.29 is 17.6 Å². The number of thiazole rings is 1. The van der Waals surface area contributed by atoms with Crippen molar-refractivity contribution in [2.45, 2.75) is 101 Å². The van der Waals surface area contributed by atoms with Gasteiger partial charge in [-0.05, 0) is 92.7 Å². The average molecular weight is 656 g/mol. The summed E-state index contributed by atoms with van der Waals surface area (Å²) in [5.74, 6) is 0.956. The van der Waals surface area contributed by atoms with Crippen LogP contribution in [0.3, 0.4) is 0 Å². The molecule has 0 fully saturated rings. The van der Waals surface area contributed by atoms with Crippen molar-refractivity contribution in [3.05, 3.63) is 100 Å². The van der Waals surface area contributed by atoms with Crippen LogP contribution in [0.1, 0.15) is 79.0 Å². The van der Waals surface area contributed by atoms with Gasteiger partial charge in [0.2, 0.25) is 8.32 Å². The summed E-state index contributed by atoms with van der Waals surface area (Å²) in [4.78, 5) is 7.19. The molecule has 3 aromatic carbocycles. The molecule has 4 rings (SSSR count). The Hall–Kier alpha value is -2.55. The predicted molar refractivity (Wildman–Crippen MR) is 184 cm³/mol. The molecular weight excluding hydrogens is 612 g/mol. The van der Waals surface area contributed by atoms with E-state index in [9.17, 15) is 13.2 Å². The van der Waals surface area contributed by atoms with E-state index in [2.05, 4.69) is 89.3 Å². The molecule has 1 unspecified atom stereocenters. The smallest absolute Gasteiger partial charge is 0.416 e. The molecule has 4 aromatic rings. The van der Waals surface area contributed by atoms with E-state index < -0.39 is 20.1 Å². The minimum absolute atomic E-state index is 0.118. The molecular formula is C36H44F3NOS2Si. The van der Waals surface area contributed by atoms with Gasteiger partial charge >= 0.3 is 6.18 Å². The van der Waals surface area contributed by atoms with Crippen LogP contribution in [0.15, 0.2) is 77.7 Å². The molecule has 0 aliphatic rings. The zero-order valence-electron chi connectivity index (χ0n) is 26.8. The van der Waals surface area contributed by atoms with Gasteiger partial charge in [-0.1, -0.05) is 76.1 Å². The van der Waals surface area contributed by atoms with Gasteiger partial charge < -0.3 is 4.43 Å². The van der Waals surface area contributed by atoms with E-state index in [1.54, 1.807) is 11.3 Å². The molecule has 236 valence electrons. The van der Waals surface area contributed by atoms with Crippen LogP contribution in [0.5, 0.6) is 5.75 Å². The molecule has 1 aromatic heterocycles. The van der Waals surface area contributed by atoms with Crippen molar-refractivity contribution in [1.29, 1.82) is 0 Å². The van der Waals surface area contributed by atoms with E-state index in [4.69, 9.17) is 9.41 Å². The minimum atomic E-state index is -4.35. The summed E-state index contributed by atoms with van der Waals surface area (Å²) in [6.07, 6.45) is 1.07. The maximum atomic E-state index is 13.1. The number of hydrogen-bond donors (Lipinski definition) is 0. The maximum absolute atomic E-state index is 13.1. The van der Waals surface area contributed by atoms with Gasteiger partial charge in [0.25, 0.3) is 0 Å². The summed E-state index contributed by atoms with van der Waals surface area (Å²) < 4.78 is 46.0. The number of rotatable bonds is 12. The Morgan fingerprint density at radius 2 is 1.57 bits per heavy atom. The van der Waals surface area contributed by atoms with Crippen LogP contribution in [0.4, 0.5) is 13.2 Å². The normalized spacial score (nSPS) is 13.2. The van der Waals surface area contributed by atoms with Crippen LogP contribution in [0.2, 0.25) is 18.1 Å². The average Bonchev–Trinajstić information content (AvgIpc) is 3.34. The van der Waals surface area contributed by atoms with Gasteiger partial charge in [0.05, 0.1) is 11.3 Å². The van der Waals surface area contributed by atoms with Gasteiger partial charge in [-0.25, -0.2) is 4.98 Å². The molecule has 0 N–H and O–H groups in total. The third kappa shape index (κ3) is 9.01. The standard InChI is InChI=1S/C36H44F3NOS2Si/c1-25-24-30(22-23-31(25)41-44(6,7)35(3,4)5)42-32(17-13-9-12-16-27-14-10-8-11-15-27)33-26(2)40-34(43-33)28-18-20-29(21-19-28)36(37,38)39/h8,10-11,14-15,18-24,32H,9,12-13,16-17H2,1-7H3. The molecule has 44 heavy (non-hydrogen) atoms. The van der Waals surface area contributed by atoms with Crippen LogP contribution in [-0.2, 0) is 12.6 Å². The van der Waals surface area contributed by atoms with Crippen LogP contribution in [-0.4, -0.2) is 13.3 Å². The van der Waals surface area contributed by atoms with E-state index in [1.807, 2.05) is 18.7 Å². The number of aromatic nitrogens is 1. The summed E-state index contributed by atoms with van der Waals surface area (Å²) in [6.45, 7) is 15.4. The number of thioether (sulfide) groups is 1. The van der Waals surface area contributed by atoms with E-state index in [-0.39, 0.29) is 10.3 Å². The lowest BCUT2D eigenvalue weighted by atomic mass is 10.0. The summed E-state index contributed by atoms with van der Waals surface area (Å²) in [5, 5.41) is 1.07. The van der Waals surface area contributed by atoms with Gasteiger partial charge in [-0.2, -0.15) is 13.2 Å². The molecule has 0 saturated carbocycles. The third-order valence-electron chi connectivity index (χ3n) is 8.45. The van der Waals surface area contributed by atoms with Crippen molar-refractivity contribution >= 4 is 31.4 Å². The lowest BCUT2D eigenvalue weighted by Crippen LogP contribution is -2.44. The quantitative estimate of drug-likeness (QED) is 0.0861.